The summed E-state index contributed by atoms with van der Waals surface area (Å²) < 4.78 is 1.67. The summed E-state index contributed by atoms with van der Waals surface area (Å²) in [7, 11) is 0. The minimum atomic E-state index is -1.14. The molecule has 2 aromatic rings. The molecule has 7 nitrogen and oxygen atoms in total. The molecule has 18 heavy (non-hydrogen) atoms. The van der Waals surface area contributed by atoms with Crippen molar-refractivity contribution in [3.8, 4) is 0 Å². The van der Waals surface area contributed by atoms with E-state index >= 15 is 0 Å². The van der Waals surface area contributed by atoms with E-state index in [0.717, 1.165) is 11.3 Å². The van der Waals surface area contributed by atoms with Crippen molar-refractivity contribution in [2.75, 3.05) is 5.32 Å². The number of aryl methyl sites for hydroxylation is 1. The Kier molecular flexibility index (Phi) is 3.38. The van der Waals surface area contributed by atoms with Crippen molar-refractivity contribution in [2.24, 2.45) is 0 Å². The van der Waals surface area contributed by atoms with Crippen LogP contribution in [0.15, 0.2) is 18.5 Å². The predicted octanol–water partition coefficient (Wildman–Crippen LogP) is 1.31. The molecule has 0 spiro atoms. The van der Waals surface area contributed by atoms with Crippen LogP contribution >= 0.6 is 11.3 Å². The summed E-state index contributed by atoms with van der Waals surface area (Å²) in [5, 5.41) is 15.3. The van der Waals surface area contributed by atoms with Crippen molar-refractivity contribution >= 4 is 29.0 Å². The number of hydrogen-bond donors (Lipinski definition) is 2. The van der Waals surface area contributed by atoms with Crippen LogP contribution in [0, 0.1) is 0 Å². The van der Waals surface area contributed by atoms with Gasteiger partial charge in [-0.2, -0.15) is 5.10 Å². The number of thiazole rings is 1. The molecule has 0 unspecified atom stereocenters. The number of carboxylic acid groups (broad SMARTS) is 1. The van der Waals surface area contributed by atoms with Gasteiger partial charge in [0.25, 0.3) is 5.91 Å². The van der Waals surface area contributed by atoms with E-state index in [2.05, 4.69) is 15.4 Å². The fraction of sp³-hybridized carbons (Fsp3) is 0.200. The van der Waals surface area contributed by atoms with Gasteiger partial charge >= 0.3 is 5.97 Å². The van der Waals surface area contributed by atoms with Crippen LogP contribution in [0.1, 0.15) is 26.4 Å². The first-order valence-electron chi connectivity index (χ1n) is 5.14. The Morgan fingerprint density at radius 1 is 1.56 bits per heavy atom. The Labute approximate surface area is 106 Å². The van der Waals surface area contributed by atoms with Crippen molar-refractivity contribution in [2.45, 2.75) is 13.5 Å². The zero-order valence-corrected chi connectivity index (χ0v) is 10.3. The molecule has 1 amide bonds. The number of nitrogens with zero attached hydrogens (tertiary/aromatic N) is 3. The molecular formula is C10H10N4O3S. The van der Waals surface area contributed by atoms with Crippen LogP contribution in [-0.4, -0.2) is 31.7 Å². The first-order chi connectivity index (χ1) is 8.60. The molecule has 2 rings (SSSR count). The van der Waals surface area contributed by atoms with Gasteiger partial charge in [0.15, 0.2) is 5.82 Å². The van der Waals surface area contributed by atoms with Gasteiger partial charge < -0.3 is 10.4 Å². The number of carbonyl (C=O) groups excluding carboxylic acids is 1. The third-order valence-corrected chi connectivity index (χ3v) is 3.10. The summed E-state index contributed by atoms with van der Waals surface area (Å²) in [5.41, 5.74) is 0. The highest BCUT2D eigenvalue weighted by molar-refractivity contribution is 7.15. The van der Waals surface area contributed by atoms with Gasteiger partial charge in [-0.3, -0.25) is 9.48 Å². The van der Waals surface area contributed by atoms with Crippen LogP contribution in [0.2, 0.25) is 0 Å². The Bertz CT molecular complexity index is 589. The highest BCUT2D eigenvalue weighted by Gasteiger charge is 2.15. The third kappa shape index (κ3) is 2.54. The monoisotopic (exact) mass is 266 g/mol. The first-order valence-corrected chi connectivity index (χ1v) is 5.95. The van der Waals surface area contributed by atoms with Crippen LogP contribution in [0.3, 0.4) is 0 Å². The van der Waals surface area contributed by atoms with Crippen molar-refractivity contribution in [3.05, 3.63) is 28.3 Å². The molecule has 8 heteroatoms. The second-order valence-corrected chi connectivity index (χ2v) is 4.38. The molecule has 0 saturated carbocycles. The van der Waals surface area contributed by atoms with E-state index in [0.29, 0.717) is 12.4 Å². The molecule has 0 aromatic carbocycles. The van der Waals surface area contributed by atoms with Gasteiger partial charge in [-0.25, -0.2) is 9.78 Å². The average Bonchev–Trinajstić information content (AvgIpc) is 2.97. The lowest BCUT2D eigenvalue weighted by Gasteiger charge is -1.98. The Hall–Kier alpha value is -2.22. The fourth-order valence-corrected chi connectivity index (χ4v) is 1.91. The minimum Gasteiger partial charge on any atom is -0.476 e. The molecule has 0 aliphatic heterocycles. The molecule has 2 aromatic heterocycles. The number of carboxylic acids is 1. The fourth-order valence-electron chi connectivity index (χ4n) is 1.26. The third-order valence-electron chi connectivity index (χ3n) is 2.12. The van der Waals surface area contributed by atoms with E-state index in [1.807, 2.05) is 6.92 Å². The van der Waals surface area contributed by atoms with Gasteiger partial charge in [0.2, 0.25) is 5.01 Å². The number of anilines is 1. The number of nitrogens with one attached hydrogen (secondary N) is 1. The van der Waals surface area contributed by atoms with Gasteiger partial charge in [0, 0.05) is 18.8 Å². The average molecular weight is 266 g/mol. The van der Waals surface area contributed by atoms with Crippen molar-refractivity contribution < 1.29 is 14.7 Å². The number of hydrogen-bond acceptors (Lipinski definition) is 5. The lowest BCUT2D eigenvalue weighted by molar-refractivity contribution is 0.0696. The van der Waals surface area contributed by atoms with Crippen LogP contribution in [0.5, 0.6) is 0 Å². The number of aromatic carboxylic acids is 1. The van der Waals surface area contributed by atoms with Gasteiger partial charge in [-0.05, 0) is 6.92 Å². The van der Waals surface area contributed by atoms with Crippen LogP contribution in [0.25, 0.3) is 0 Å². The Balaban J connectivity index is 2.09. The topological polar surface area (TPSA) is 97.1 Å². The highest BCUT2D eigenvalue weighted by Crippen LogP contribution is 2.14. The second-order valence-electron chi connectivity index (χ2n) is 3.35. The molecule has 2 heterocycles. The summed E-state index contributed by atoms with van der Waals surface area (Å²) in [5.74, 6) is -1.14. The maximum atomic E-state index is 11.8. The number of aromatic nitrogens is 3. The van der Waals surface area contributed by atoms with E-state index in [4.69, 9.17) is 5.11 Å². The molecule has 0 aliphatic rings. The number of amides is 1. The first kappa shape index (κ1) is 12.2. The van der Waals surface area contributed by atoms with Gasteiger partial charge in [0.1, 0.15) is 4.88 Å². The molecular weight excluding hydrogens is 256 g/mol. The summed E-state index contributed by atoms with van der Waals surface area (Å²) in [6, 6.07) is 1.67. The van der Waals surface area contributed by atoms with E-state index in [9.17, 15) is 9.59 Å². The maximum Gasteiger partial charge on any atom is 0.365 e. The van der Waals surface area contributed by atoms with E-state index in [1.165, 1.54) is 6.20 Å². The SMILES string of the molecule is CCn1ccc(NC(=O)c2cnc(C(=O)O)s2)n1. The molecule has 0 bridgehead atoms. The standard InChI is InChI=1S/C10H10N4O3S/c1-2-14-4-3-7(13-14)12-8(15)6-5-11-9(18-6)10(16)17/h3-5H,2H2,1H3,(H,16,17)(H,12,13,15). The van der Waals surface area contributed by atoms with E-state index in [1.54, 1.807) is 16.9 Å². The normalized spacial score (nSPS) is 10.3. The number of rotatable bonds is 4. The lowest BCUT2D eigenvalue weighted by atomic mass is 10.5. The zero-order chi connectivity index (χ0) is 13.1. The van der Waals surface area contributed by atoms with Crippen LogP contribution in [-0.2, 0) is 6.54 Å². The zero-order valence-electron chi connectivity index (χ0n) is 9.45. The number of carbonyl (C=O) groups is 2. The van der Waals surface area contributed by atoms with Crippen molar-refractivity contribution in [1.29, 1.82) is 0 Å². The molecule has 0 saturated heterocycles. The minimum absolute atomic E-state index is 0.112. The summed E-state index contributed by atoms with van der Waals surface area (Å²) in [4.78, 5) is 26.3. The van der Waals surface area contributed by atoms with Crippen LogP contribution in [0.4, 0.5) is 5.82 Å². The molecule has 2 N–H and O–H groups in total. The lowest BCUT2D eigenvalue weighted by Crippen LogP contribution is -2.11. The predicted molar refractivity (Wildman–Crippen MR) is 64.9 cm³/mol. The smallest absolute Gasteiger partial charge is 0.365 e. The van der Waals surface area contributed by atoms with Gasteiger partial charge in [-0.1, -0.05) is 0 Å². The Morgan fingerprint density at radius 2 is 2.33 bits per heavy atom. The van der Waals surface area contributed by atoms with E-state index in [-0.39, 0.29) is 9.88 Å². The van der Waals surface area contributed by atoms with Crippen molar-refractivity contribution in [1.82, 2.24) is 14.8 Å². The molecule has 0 atom stereocenters. The summed E-state index contributed by atoms with van der Waals surface area (Å²) in [6.45, 7) is 2.64. The quantitative estimate of drug-likeness (QED) is 0.869. The second kappa shape index (κ2) is 4.96. The highest BCUT2D eigenvalue weighted by atomic mass is 32.1. The molecule has 94 valence electrons. The van der Waals surface area contributed by atoms with E-state index < -0.39 is 11.9 Å². The molecule has 0 aliphatic carbocycles. The van der Waals surface area contributed by atoms with Gasteiger partial charge in [0.05, 0.1) is 6.20 Å². The summed E-state index contributed by atoms with van der Waals surface area (Å²) >= 11 is 0.824. The Morgan fingerprint density at radius 3 is 2.89 bits per heavy atom. The largest absolute Gasteiger partial charge is 0.476 e. The van der Waals surface area contributed by atoms with Crippen LogP contribution < -0.4 is 5.32 Å². The molecule has 0 radical (unpaired) electrons. The summed E-state index contributed by atoms with van der Waals surface area (Å²) in [6.07, 6.45) is 2.98. The van der Waals surface area contributed by atoms with Gasteiger partial charge in [-0.15, -0.1) is 11.3 Å². The molecule has 0 fully saturated rings. The van der Waals surface area contributed by atoms with Crippen molar-refractivity contribution in [3.63, 3.8) is 0 Å². The maximum absolute atomic E-state index is 11.8.